The Morgan fingerprint density at radius 1 is 1.26 bits per heavy atom. The summed E-state index contributed by atoms with van der Waals surface area (Å²) in [7, 11) is 0. The first-order valence-electron chi connectivity index (χ1n) is 6.77. The van der Waals surface area contributed by atoms with E-state index < -0.39 is 0 Å². The minimum Gasteiger partial charge on any atom is -0.317 e. The molecule has 3 rings (SSSR count). The number of H-pyrrole nitrogens is 1. The Morgan fingerprint density at radius 3 is 2.79 bits per heavy atom. The van der Waals surface area contributed by atoms with Gasteiger partial charge in [-0.3, -0.25) is 5.10 Å². The molecule has 1 aromatic heterocycles. The van der Waals surface area contributed by atoms with Gasteiger partial charge in [0.1, 0.15) is 0 Å². The third-order valence-corrected chi connectivity index (χ3v) is 4.39. The van der Waals surface area contributed by atoms with Gasteiger partial charge in [0, 0.05) is 21.6 Å². The first-order valence-corrected chi connectivity index (χ1v) is 7.56. The minimum absolute atomic E-state index is 0.620. The average molecular weight is 320 g/mol. The maximum Gasteiger partial charge on any atom is 0.0953 e. The molecule has 0 bridgehead atoms. The largest absolute Gasteiger partial charge is 0.317 e. The summed E-state index contributed by atoms with van der Waals surface area (Å²) in [5, 5.41) is 11.2. The molecule has 3 nitrogen and oxygen atoms in total. The van der Waals surface area contributed by atoms with Crippen LogP contribution in [0.5, 0.6) is 0 Å². The van der Waals surface area contributed by atoms with Crippen LogP contribution in [-0.4, -0.2) is 23.3 Å². The quantitative estimate of drug-likeness (QED) is 0.887. The predicted octanol–water partition coefficient (Wildman–Crippen LogP) is 3.61. The summed E-state index contributed by atoms with van der Waals surface area (Å²) >= 11 is 3.52. The van der Waals surface area contributed by atoms with Crippen molar-refractivity contribution in [3.05, 3.63) is 40.0 Å². The molecular weight excluding hydrogens is 302 g/mol. The third kappa shape index (κ3) is 2.60. The predicted molar refractivity (Wildman–Crippen MR) is 81.3 cm³/mol. The number of nitrogens with zero attached hydrogens (tertiary/aromatic N) is 1. The summed E-state index contributed by atoms with van der Waals surface area (Å²) in [4.78, 5) is 0. The fourth-order valence-electron chi connectivity index (χ4n) is 2.84. The van der Waals surface area contributed by atoms with Gasteiger partial charge in [0.15, 0.2) is 0 Å². The molecule has 1 aromatic carbocycles. The van der Waals surface area contributed by atoms with Gasteiger partial charge in [0.05, 0.1) is 5.69 Å². The van der Waals surface area contributed by atoms with Crippen molar-refractivity contribution in [2.24, 2.45) is 0 Å². The molecule has 0 saturated carbocycles. The van der Waals surface area contributed by atoms with Crippen molar-refractivity contribution in [3.63, 3.8) is 0 Å². The lowest BCUT2D eigenvalue weighted by Crippen LogP contribution is -2.27. The zero-order chi connectivity index (χ0) is 13.2. The van der Waals surface area contributed by atoms with Gasteiger partial charge in [0.25, 0.3) is 0 Å². The van der Waals surface area contributed by atoms with E-state index in [0.717, 1.165) is 23.3 Å². The molecule has 1 aliphatic heterocycles. The van der Waals surface area contributed by atoms with Crippen LogP contribution in [0.4, 0.5) is 0 Å². The lowest BCUT2D eigenvalue weighted by Gasteiger charge is -2.22. The zero-order valence-electron chi connectivity index (χ0n) is 11.0. The van der Waals surface area contributed by atoms with Crippen LogP contribution in [0.1, 0.15) is 30.0 Å². The van der Waals surface area contributed by atoms with Crippen molar-refractivity contribution in [1.29, 1.82) is 0 Å². The Bertz CT molecular complexity index is 571. The highest BCUT2D eigenvalue weighted by Crippen LogP contribution is 2.32. The van der Waals surface area contributed by atoms with E-state index in [1.54, 1.807) is 0 Å². The van der Waals surface area contributed by atoms with Gasteiger partial charge in [-0.2, -0.15) is 5.10 Å². The van der Waals surface area contributed by atoms with Crippen molar-refractivity contribution in [2.45, 2.75) is 25.7 Å². The van der Waals surface area contributed by atoms with E-state index >= 15 is 0 Å². The fourth-order valence-corrected chi connectivity index (χ4v) is 3.24. The monoisotopic (exact) mass is 319 g/mol. The molecule has 1 saturated heterocycles. The van der Waals surface area contributed by atoms with Gasteiger partial charge < -0.3 is 5.32 Å². The summed E-state index contributed by atoms with van der Waals surface area (Å²) in [6.45, 7) is 4.39. The maximum atomic E-state index is 4.54. The van der Waals surface area contributed by atoms with Gasteiger partial charge >= 0.3 is 0 Å². The normalized spacial score (nSPS) is 16.7. The number of nitrogens with one attached hydrogen (secondary N) is 2. The second-order valence-corrected chi connectivity index (χ2v) is 6.06. The zero-order valence-corrected chi connectivity index (χ0v) is 12.6. The van der Waals surface area contributed by atoms with Crippen molar-refractivity contribution >= 4 is 15.9 Å². The molecular formula is C15H18BrN3. The van der Waals surface area contributed by atoms with Gasteiger partial charge in [-0.1, -0.05) is 28.1 Å². The second kappa shape index (κ2) is 5.47. The number of hydrogen-bond donors (Lipinski definition) is 2. The van der Waals surface area contributed by atoms with Crippen LogP contribution in [0.3, 0.4) is 0 Å². The van der Waals surface area contributed by atoms with Crippen LogP contribution in [-0.2, 0) is 0 Å². The lowest BCUT2D eigenvalue weighted by molar-refractivity contribution is 0.451. The number of aromatic nitrogens is 2. The Hall–Kier alpha value is -1.13. The smallest absolute Gasteiger partial charge is 0.0953 e. The highest BCUT2D eigenvalue weighted by Gasteiger charge is 2.21. The summed E-state index contributed by atoms with van der Waals surface area (Å²) < 4.78 is 1.09. The first-order chi connectivity index (χ1) is 9.25. The molecule has 2 heterocycles. The van der Waals surface area contributed by atoms with Crippen LogP contribution >= 0.6 is 15.9 Å². The number of aromatic amines is 1. The Kier molecular flexibility index (Phi) is 3.71. The number of hydrogen-bond acceptors (Lipinski definition) is 2. The van der Waals surface area contributed by atoms with Crippen LogP contribution < -0.4 is 5.32 Å². The first kappa shape index (κ1) is 12.9. The summed E-state index contributed by atoms with van der Waals surface area (Å²) in [5.74, 6) is 0.620. The topological polar surface area (TPSA) is 40.7 Å². The SMILES string of the molecule is Cc1c(-c2cccc(Br)c2)n[nH]c1C1CCNCC1. The van der Waals surface area contributed by atoms with E-state index in [1.165, 1.54) is 29.7 Å². The maximum absolute atomic E-state index is 4.54. The standard InChI is InChI=1S/C15H18BrN3/c1-10-14(11-5-7-17-8-6-11)18-19-15(10)12-3-2-4-13(16)9-12/h2-4,9,11,17H,5-8H2,1H3,(H,18,19). The Morgan fingerprint density at radius 2 is 2.05 bits per heavy atom. The molecule has 2 N–H and O–H groups in total. The van der Waals surface area contributed by atoms with Crippen LogP contribution in [0.15, 0.2) is 28.7 Å². The number of rotatable bonds is 2. The van der Waals surface area contributed by atoms with E-state index in [9.17, 15) is 0 Å². The molecule has 0 aliphatic carbocycles. The van der Waals surface area contributed by atoms with Gasteiger partial charge in [-0.15, -0.1) is 0 Å². The molecule has 4 heteroatoms. The van der Waals surface area contributed by atoms with E-state index in [2.05, 4.69) is 56.6 Å². The van der Waals surface area contributed by atoms with Gasteiger partial charge in [-0.05, 0) is 50.6 Å². The highest BCUT2D eigenvalue weighted by molar-refractivity contribution is 9.10. The Labute approximate surface area is 121 Å². The highest BCUT2D eigenvalue weighted by atomic mass is 79.9. The van der Waals surface area contributed by atoms with E-state index in [0.29, 0.717) is 5.92 Å². The summed E-state index contributed by atoms with van der Waals surface area (Å²) in [6, 6.07) is 8.33. The summed E-state index contributed by atoms with van der Waals surface area (Å²) in [6.07, 6.45) is 2.39. The van der Waals surface area contributed by atoms with Crippen molar-refractivity contribution in [1.82, 2.24) is 15.5 Å². The van der Waals surface area contributed by atoms with Crippen molar-refractivity contribution < 1.29 is 0 Å². The number of benzene rings is 1. The molecule has 1 aliphatic rings. The molecule has 19 heavy (non-hydrogen) atoms. The number of piperidine rings is 1. The second-order valence-electron chi connectivity index (χ2n) is 5.15. The van der Waals surface area contributed by atoms with Crippen molar-refractivity contribution in [2.75, 3.05) is 13.1 Å². The molecule has 100 valence electrons. The molecule has 0 unspecified atom stereocenters. The molecule has 1 fully saturated rings. The Balaban J connectivity index is 1.94. The molecule has 0 spiro atoms. The molecule has 2 aromatic rings. The van der Waals surface area contributed by atoms with Crippen LogP contribution in [0, 0.1) is 6.92 Å². The van der Waals surface area contributed by atoms with E-state index in [-0.39, 0.29) is 0 Å². The van der Waals surface area contributed by atoms with E-state index in [1.807, 2.05) is 6.07 Å². The fraction of sp³-hybridized carbons (Fsp3) is 0.400. The van der Waals surface area contributed by atoms with Gasteiger partial charge in [0.2, 0.25) is 0 Å². The molecule has 0 amide bonds. The lowest BCUT2D eigenvalue weighted by atomic mass is 9.91. The third-order valence-electron chi connectivity index (χ3n) is 3.89. The average Bonchev–Trinajstić information content (AvgIpc) is 2.81. The van der Waals surface area contributed by atoms with Crippen LogP contribution in [0.2, 0.25) is 0 Å². The van der Waals surface area contributed by atoms with E-state index in [4.69, 9.17) is 0 Å². The van der Waals surface area contributed by atoms with Crippen LogP contribution in [0.25, 0.3) is 11.3 Å². The minimum atomic E-state index is 0.620. The molecule has 0 atom stereocenters. The summed E-state index contributed by atoms with van der Waals surface area (Å²) in [5.41, 5.74) is 4.86. The number of halogens is 1. The van der Waals surface area contributed by atoms with Crippen molar-refractivity contribution in [3.8, 4) is 11.3 Å². The van der Waals surface area contributed by atoms with Gasteiger partial charge in [-0.25, -0.2) is 0 Å². The molecule has 0 radical (unpaired) electrons.